The van der Waals surface area contributed by atoms with Crippen LogP contribution in [-0.4, -0.2) is 13.2 Å². The second-order valence-corrected chi connectivity index (χ2v) is 6.00. The second kappa shape index (κ2) is 6.86. The summed E-state index contributed by atoms with van der Waals surface area (Å²) in [6.45, 7) is 4.24. The van der Waals surface area contributed by atoms with Gasteiger partial charge < -0.3 is 10.1 Å². The number of nitrogens with one attached hydrogen (secondary N) is 1. The maximum Gasteiger partial charge on any atom is 0.165 e. The maximum absolute atomic E-state index is 13.4. The summed E-state index contributed by atoms with van der Waals surface area (Å²) >= 11 is 1.77. The van der Waals surface area contributed by atoms with Gasteiger partial charge in [-0.15, -0.1) is 11.3 Å². The zero-order valence-electron chi connectivity index (χ0n) is 12.0. The third-order valence-electron chi connectivity index (χ3n) is 3.30. The van der Waals surface area contributed by atoms with E-state index in [-0.39, 0.29) is 11.9 Å². The van der Waals surface area contributed by atoms with Gasteiger partial charge in [0.2, 0.25) is 0 Å². The molecule has 1 heterocycles. The Morgan fingerprint density at radius 3 is 2.75 bits per heavy atom. The standard InChI is InChI=1S/C16H20FNOS/c1-11(9-14-5-4-8-20-14)18-12(2)13-6-7-15(17)16(10-13)19-3/h4-8,10-12,18H,9H2,1-3H3. The minimum absolute atomic E-state index is 0.152. The molecular weight excluding hydrogens is 273 g/mol. The van der Waals surface area contributed by atoms with Crippen molar-refractivity contribution in [3.05, 3.63) is 52.0 Å². The van der Waals surface area contributed by atoms with Gasteiger partial charge in [0.1, 0.15) is 0 Å². The van der Waals surface area contributed by atoms with Gasteiger partial charge in [0.15, 0.2) is 11.6 Å². The quantitative estimate of drug-likeness (QED) is 0.862. The number of halogens is 1. The van der Waals surface area contributed by atoms with Crippen LogP contribution in [0.4, 0.5) is 4.39 Å². The summed E-state index contributed by atoms with van der Waals surface area (Å²) in [7, 11) is 1.49. The van der Waals surface area contributed by atoms with E-state index in [9.17, 15) is 4.39 Å². The van der Waals surface area contributed by atoms with Gasteiger partial charge in [-0.25, -0.2) is 4.39 Å². The van der Waals surface area contributed by atoms with E-state index in [1.54, 1.807) is 23.5 Å². The highest BCUT2D eigenvalue weighted by molar-refractivity contribution is 7.09. The van der Waals surface area contributed by atoms with Crippen LogP contribution in [0.2, 0.25) is 0 Å². The molecule has 0 aliphatic rings. The SMILES string of the molecule is COc1cc(C(C)NC(C)Cc2cccs2)ccc1F. The molecule has 2 aromatic rings. The molecule has 2 unspecified atom stereocenters. The monoisotopic (exact) mass is 293 g/mol. The fourth-order valence-electron chi connectivity index (χ4n) is 2.26. The number of thiophene rings is 1. The van der Waals surface area contributed by atoms with Crippen LogP contribution in [0.3, 0.4) is 0 Å². The fraction of sp³-hybridized carbons (Fsp3) is 0.375. The molecule has 1 aromatic carbocycles. The average molecular weight is 293 g/mol. The fourth-order valence-corrected chi connectivity index (χ4v) is 3.09. The Bertz CT molecular complexity index is 541. The molecule has 20 heavy (non-hydrogen) atoms. The summed E-state index contributed by atoms with van der Waals surface area (Å²) in [4.78, 5) is 1.37. The molecule has 0 radical (unpaired) electrons. The Hall–Kier alpha value is -1.39. The highest BCUT2D eigenvalue weighted by atomic mass is 32.1. The molecule has 0 saturated carbocycles. The summed E-state index contributed by atoms with van der Waals surface area (Å²) < 4.78 is 18.4. The van der Waals surface area contributed by atoms with Crippen molar-refractivity contribution in [2.45, 2.75) is 32.4 Å². The zero-order chi connectivity index (χ0) is 14.5. The van der Waals surface area contributed by atoms with Crippen molar-refractivity contribution in [2.75, 3.05) is 7.11 Å². The lowest BCUT2D eigenvalue weighted by molar-refractivity contribution is 0.384. The number of methoxy groups -OCH3 is 1. The smallest absolute Gasteiger partial charge is 0.165 e. The molecule has 4 heteroatoms. The first kappa shape index (κ1) is 15.0. The molecule has 1 N–H and O–H groups in total. The molecule has 2 nitrogen and oxygen atoms in total. The summed E-state index contributed by atoms with van der Waals surface area (Å²) in [6, 6.07) is 9.74. The van der Waals surface area contributed by atoms with Crippen LogP contribution >= 0.6 is 11.3 Å². The Kier molecular flexibility index (Phi) is 5.15. The van der Waals surface area contributed by atoms with Gasteiger partial charge in [0.25, 0.3) is 0 Å². The van der Waals surface area contributed by atoms with Crippen LogP contribution < -0.4 is 10.1 Å². The average Bonchev–Trinajstić information content (AvgIpc) is 2.91. The Morgan fingerprint density at radius 1 is 1.30 bits per heavy atom. The second-order valence-electron chi connectivity index (χ2n) is 4.97. The number of hydrogen-bond donors (Lipinski definition) is 1. The van der Waals surface area contributed by atoms with Crippen molar-refractivity contribution < 1.29 is 9.13 Å². The minimum atomic E-state index is -0.324. The molecule has 0 saturated heterocycles. The molecule has 0 bridgehead atoms. The Labute approximate surface area is 123 Å². The third kappa shape index (κ3) is 3.81. The van der Waals surface area contributed by atoms with Gasteiger partial charge in [0.05, 0.1) is 7.11 Å². The van der Waals surface area contributed by atoms with Crippen LogP contribution in [0, 0.1) is 5.82 Å². The van der Waals surface area contributed by atoms with Gasteiger partial charge >= 0.3 is 0 Å². The van der Waals surface area contributed by atoms with Crippen molar-refractivity contribution >= 4 is 11.3 Å². The van der Waals surface area contributed by atoms with E-state index in [4.69, 9.17) is 4.74 Å². The molecule has 0 spiro atoms. The predicted molar refractivity (Wildman–Crippen MR) is 82.0 cm³/mol. The molecule has 0 aliphatic heterocycles. The number of hydrogen-bond acceptors (Lipinski definition) is 3. The van der Waals surface area contributed by atoms with Crippen LogP contribution in [0.1, 0.15) is 30.3 Å². The van der Waals surface area contributed by atoms with E-state index in [2.05, 4.69) is 36.7 Å². The van der Waals surface area contributed by atoms with E-state index >= 15 is 0 Å². The van der Waals surface area contributed by atoms with Gasteiger partial charge in [0, 0.05) is 17.0 Å². The third-order valence-corrected chi connectivity index (χ3v) is 4.20. The highest BCUT2D eigenvalue weighted by Gasteiger charge is 2.12. The van der Waals surface area contributed by atoms with E-state index in [0.717, 1.165) is 12.0 Å². The first-order valence-electron chi connectivity index (χ1n) is 6.72. The van der Waals surface area contributed by atoms with Crippen molar-refractivity contribution in [1.82, 2.24) is 5.32 Å². The lowest BCUT2D eigenvalue weighted by atomic mass is 10.1. The highest BCUT2D eigenvalue weighted by Crippen LogP contribution is 2.23. The number of rotatable bonds is 6. The number of benzene rings is 1. The maximum atomic E-state index is 13.4. The molecule has 0 aliphatic carbocycles. The van der Waals surface area contributed by atoms with Crippen molar-refractivity contribution in [3.63, 3.8) is 0 Å². The van der Waals surface area contributed by atoms with E-state index in [1.165, 1.54) is 18.1 Å². The predicted octanol–water partition coefficient (Wildman–Crippen LogP) is 4.18. The van der Waals surface area contributed by atoms with Crippen molar-refractivity contribution in [3.8, 4) is 5.75 Å². The van der Waals surface area contributed by atoms with Crippen LogP contribution in [0.25, 0.3) is 0 Å². The van der Waals surface area contributed by atoms with Gasteiger partial charge in [-0.1, -0.05) is 12.1 Å². The zero-order valence-corrected chi connectivity index (χ0v) is 12.8. The molecule has 2 atom stereocenters. The molecule has 108 valence electrons. The van der Waals surface area contributed by atoms with Gasteiger partial charge in [-0.05, 0) is 49.4 Å². The molecular formula is C16H20FNOS. The lowest BCUT2D eigenvalue weighted by Crippen LogP contribution is -2.30. The minimum Gasteiger partial charge on any atom is -0.494 e. The lowest BCUT2D eigenvalue weighted by Gasteiger charge is -2.20. The van der Waals surface area contributed by atoms with Crippen molar-refractivity contribution in [1.29, 1.82) is 0 Å². The van der Waals surface area contributed by atoms with Crippen LogP contribution in [-0.2, 0) is 6.42 Å². The molecule has 2 rings (SSSR count). The Balaban J connectivity index is 1.98. The summed E-state index contributed by atoms with van der Waals surface area (Å²) in [6.07, 6.45) is 1.00. The van der Waals surface area contributed by atoms with Crippen LogP contribution in [0.15, 0.2) is 35.7 Å². The molecule has 0 fully saturated rings. The topological polar surface area (TPSA) is 21.3 Å². The first-order valence-corrected chi connectivity index (χ1v) is 7.60. The van der Waals surface area contributed by atoms with E-state index < -0.39 is 0 Å². The summed E-state index contributed by atoms with van der Waals surface area (Å²) in [5, 5.41) is 5.63. The van der Waals surface area contributed by atoms with Crippen LogP contribution in [0.5, 0.6) is 5.75 Å². The van der Waals surface area contributed by atoms with Crippen molar-refractivity contribution in [2.24, 2.45) is 0 Å². The molecule has 0 amide bonds. The largest absolute Gasteiger partial charge is 0.494 e. The van der Waals surface area contributed by atoms with E-state index in [0.29, 0.717) is 11.8 Å². The summed E-state index contributed by atoms with van der Waals surface area (Å²) in [5.41, 5.74) is 1.03. The number of ether oxygens (including phenoxy) is 1. The first-order chi connectivity index (χ1) is 9.60. The Morgan fingerprint density at radius 2 is 2.10 bits per heavy atom. The van der Waals surface area contributed by atoms with Gasteiger partial charge in [-0.3, -0.25) is 0 Å². The normalized spacial score (nSPS) is 14.0. The summed E-state index contributed by atoms with van der Waals surface area (Å²) in [5.74, 6) is -0.0304. The van der Waals surface area contributed by atoms with E-state index in [1.807, 2.05) is 0 Å². The van der Waals surface area contributed by atoms with Gasteiger partial charge in [-0.2, -0.15) is 0 Å². The molecule has 1 aromatic heterocycles.